The van der Waals surface area contributed by atoms with Crippen molar-refractivity contribution in [3.63, 3.8) is 0 Å². The Hall–Kier alpha value is -0.610. The van der Waals surface area contributed by atoms with Crippen molar-refractivity contribution < 1.29 is 9.90 Å². The van der Waals surface area contributed by atoms with Crippen molar-refractivity contribution >= 4 is 5.91 Å². The highest BCUT2D eigenvalue weighted by molar-refractivity contribution is 5.84. The summed E-state index contributed by atoms with van der Waals surface area (Å²) in [6.45, 7) is 3.16. The fourth-order valence-corrected chi connectivity index (χ4v) is 7.25. The highest BCUT2D eigenvalue weighted by atomic mass is 16.3. The summed E-state index contributed by atoms with van der Waals surface area (Å²) in [5, 5.41) is 10.9. The van der Waals surface area contributed by atoms with Gasteiger partial charge in [-0.15, -0.1) is 0 Å². The first-order chi connectivity index (χ1) is 10.4. The predicted molar refractivity (Wildman–Crippen MR) is 82.8 cm³/mol. The summed E-state index contributed by atoms with van der Waals surface area (Å²) in [6, 6.07) is 0.0759. The van der Waals surface area contributed by atoms with Gasteiger partial charge in [-0.1, -0.05) is 6.92 Å². The maximum absolute atomic E-state index is 13.1. The van der Waals surface area contributed by atoms with Crippen molar-refractivity contribution in [3.05, 3.63) is 0 Å². The Morgan fingerprint density at radius 2 is 1.95 bits per heavy atom. The molecule has 6 fully saturated rings. The van der Waals surface area contributed by atoms with Crippen molar-refractivity contribution in [2.24, 2.45) is 34.8 Å². The Morgan fingerprint density at radius 3 is 2.50 bits per heavy atom. The molecule has 6 unspecified atom stereocenters. The normalized spacial score (nSPS) is 56.1. The number of nitrogens with two attached hydrogens (primary N) is 1. The predicted octanol–water partition coefficient (Wildman–Crippen LogP) is 1.51. The number of fused-ring (bicyclic) bond motifs is 1. The molecule has 1 amide bonds. The molecule has 5 saturated carbocycles. The van der Waals surface area contributed by atoms with Gasteiger partial charge in [-0.2, -0.15) is 0 Å². The largest absolute Gasteiger partial charge is 0.390 e. The second kappa shape index (κ2) is 4.07. The number of carbonyl (C=O) groups excluding carboxylic acids is 1. The molecule has 5 aliphatic carbocycles. The van der Waals surface area contributed by atoms with Gasteiger partial charge in [0.25, 0.3) is 0 Å². The molecule has 1 heterocycles. The Balaban J connectivity index is 1.41. The van der Waals surface area contributed by atoms with E-state index in [1.165, 1.54) is 6.42 Å². The van der Waals surface area contributed by atoms with Crippen molar-refractivity contribution in [1.29, 1.82) is 0 Å². The Morgan fingerprint density at radius 1 is 1.27 bits per heavy atom. The summed E-state index contributed by atoms with van der Waals surface area (Å²) in [5.41, 5.74) is 5.93. The molecule has 4 bridgehead atoms. The summed E-state index contributed by atoms with van der Waals surface area (Å²) in [7, 11) is 0. The molecule has 0 aromatic carbocycles. The first kappa shape index (κ1) is 13.8. The minimum Gasteiger partial charge on any atom is -0.390 e. The minimum atomic E-state index is -0.525. The zero-order chi connectivity index (χ0) is 15.3. The molecule has 0 radical (unpaired) electrons. The molecule has 4 nitrogen and oxygen atoms in total. The van der Waals surface area contributed by atoms with Crippen molar-refractivity contribution in [3.8, 4) is 0 Å². The molecular formula is C18H28N2O2. The molecule has 0 spiro atoms. The lowest BCUT2D eigenvalue weighted by Crippen LogP contribution is -2.64. The number of rotatable bonds is 2. The molecule has 6 aliphatic rings. The Bertz CT molecular complexity index is 519. The first-order valence-corrected chi connectivity index (χ1v) is 9.19. The molecule has 22 heavy (non-hydrogen) atoms. The molecule has 4 heteroatoms. The molecule has 0 aromatic heterocycles. The van der Waals surface area contributed by atoms with Crippen molar-refractivity contribution in [2.75, 3.05) is 6.54 Å². The lowest BCUT2D eigenvalue weighted by atomic mass is 9.46. The van der Waals surface area contributed by atoms with Gasteiger partial charge in [0.05, 0.1) is 11.6 Å². The Kier molecular flexibility index (Phi) is 2.55. The first-order valence-electron chi connectivity index (χ1n) is 9.19. The lowest BCUT2D eigenvalue weighted by Gasteiger charge is -2.61. The van der Waals surface area contributed by atoms with Gasteiger partial charge in [-0.05, 0) is 74.0 Å². The van der Waals surface area contributed by atoms with Crippen LogP contribution in [0.25, 0.3) is 0 Å². The SMILES string of the molecule is CC1C2CCN(C(=O)C(N)C34CC5CC(CC(O)(C5)C3)C4)C12. The number of nitrogens with zero attached hydrogens (tertiary/aromatic N) is 1. The van der Waals surface area contributed by atoms with Gasteiger partial charge in [0.1, 0.15) is 0 Å². The topological polar surface area (TPSA) is 66.6 Å². The van der Waals surface area contributed by atoms with E-state index in [0.29, 0.717) is 23.8 Å². The smallest absolute Gasteiger partial charge is 0.240 e. The number of amides is 1. The molecule has 3 N–H and O–H groups in total. The highest BCUT2D eigenvalue weighted by Crippen LogP contribution is 2.63. The second-order valence-electron chi connectivity index (χ2n) is 9.36. The molecule has 6 atom stereocenters. The molecule has 1 aliphatic heterocycles. The van der Waals surface area contributed by atoms with Gasteiger partial charge in [0.15, 0.2) is 0 Å². The van der Waals surface area contributed by atoms with Crippen LogP contribution in [0.4, 0.5) is 0 Å². The number of carbonyl (C=O) groups is 1. The number of hydrogen-bond donors (Lipinski definition) is 2. The van der Waals surface area contributed by atoms with Crippen LogP contribution in [0, 0.1) is 29.1 Å². The van der Waals surface area contributed by atoms with E-state index in [-0.39, 0.29) is 11.3 Å². The van der Waals surface area contributed by atoms with Crippen LogP contribution in [-0.4, -0.2) is 40.1 Å². The minimum absolute atomic E-state index is 0.119. The van der Waals surface area contributed by atoms with Gasteiger partial charge in [-0.25, -0.2) is 0 Å². The summed E-state index contributed by atoms with van der Waals surface area (Å²) < 4.78 is 0. The van der Waals surface area contributed by atoms with E-state index in [4.69, 9.17) is 5.73 Å². The molecular weight excluding hydrogens is 276 g/mol. The van der Waals surface area contributed by atoms with Crippen LogP contribution in [0.2, 0.25) is 0 Å². The van der Waals surface area contributed by atoms with Crippen LogP contribution in [0.15, 0.2) is 0 Å². The summed E-state index contributed by atoms with van der Waals surface area (Å²) >= 11 is 0. The highest BCUT2D eigenvalue weighted by Gasteiger charge is 2.62. The standard InChI is InChI=1S/C18H28N2O2/c1-10-13-2-3-20(14(10)13)16(21)15(19)17-5-11-4-12(6-17)8-18(22,7-11)9-17/h10-15,22H,2-9,19H2,1H3. The van der Waals surface area contributed by atoms with Crippen LogP contribution in [0.1, 0.15) is 51.9 Å². The van der Waals surface area contributed by atoms with Gasteiger partial charge in [-0.3, -0.25) is 4.79 Å². The monoisotopic (exact) mass is 304 g/mol. The van der Waals surface area contributed by atoms with E-state index in [1.54, 1.807) is 0 Å². The third-order valence-electron chi connectivity index (χ3n) is 7.86. The van der Waals surface area contributed by atoms with Crippen LogP contribution >= 0.6 is 0 Å². The summed E-state index contributed by atoms with van der Waals surface area (Å²) in [4.78, 5) is 15.2. The van der Waals surface area contributed by atoms with Crippen LogP contribution < -0.4 is 5.73 Å². The number of aliphatic hydroxyl groups is 1. The van der Waals surface area contributed by atoms with E-state index in [2.05, 4.69) is 11.8 Å². The zero-order valence-corrected chi connectivity index (χ0v) is 13.5. The maximum atomic E-state index is 13.1. The summed E-state index contributed by atoms with van der Waals surface area (Å²) in [5.74, 6) is 2.78. The average Bonchev–Trinajstić information content (AvgIpc) is 2.89. The molecule has 6 rings (SSSR count). The zero-order valence-electron chi connectivity index (χ0n) is 13.5. The third-order valence-corrected chi connectivity index (χ3v) is 7.86. The van der Waals surface area contributed by atoms with Gasteiger partial charge >= 0.3 is 0 Å². The van der Waals surface area contributed by atoms with Crippen LogP contribution in [0.3, 0.4) is 0 Å². The number of piperidine rings is 1. The number of hydrogen-bond acceptors (Lipinski definition) is 3. The quantitative estimate of drug-likeness (QED) is 0.813. The maximum Gasteiger partial charge on any atom is 0.240 e. The fraction of sp³-hybridized carbons (Fsp3) is 0.944. The summed E-state index contributed by atoms with van der Waals surface area (Å²) in [6.07, 6.45) is 7.18. The van der Waals surface area contributed by atoms with E-state index in [1.807, 2.05) is 0 Å². The number of likely N-dealkylation sites (tertiary alicyclic amines) is 1. The molecule has 0 aromatic rings. The average molecular weight is 304 g/mol. The Labute approximate surface area is 132 Å². The van der Waals surface area contributed by atoms with Crippen LogP contribution in [0.5, 0.6) is 0 Å². The van der Waals surface area contributed by atoms with E-state index < -0.39 is 11.6 Å². The van der Waals surface area contributed by atoms with Gasteiger partial charge < -0.3 is 15.7 Å². The lowest BCUT2D eigenvalue weighted by molar-refractivity contribution is -0.177. The van der Waals surface area contributed by atoms with Gasteiger partial charge in [0, 0.05) is 12.6 Å². The van der Waals surface area contributed by atoms with Crippen LogP contribution in [-0.2, 0) is 4.79 Å². The van der Waals surface area contributed by atoms with E-state index >= 15 is 0 Å². The van der Waals surface area contributed by atoms with Gasteiger partial charge in [0.2, 0.25) is 5.91 Å². The fourth-order valence-electron chi connectivity index (χ4n) is 7.25. The molecule has 122 valence electrons. The van der Waals surface area contributed by atoms with Crippen molar-refractivity contribution in [2.45, 2.75) is 69.6 Å². The van der Waals surface area contributed by atoms with E-state index in [0.717, 1.165) is 51.0 Å². The van der Waals surface area contributed by atoms with Crippen molar-refractivity contribution in [1.82, 2.24) is 4.90 Å². The van der Waals surface area contributed by atoms with E-state index in [9.17, 15) is 9.90 Å². The molecule has 1 saturated heterocycles. The third kappa shape index (κ3) is 1.68. The second-order valence-corrected chi connectivity index (χ2v) is 9.36.